The number of aryl methyl sites for hydroxylation is 1. The Labute approximate surface area is 203 Å². The van der Waals surface area contributed by atoms with Gasteiger partial charge in [-0.05, 0) is 49.2 Å². The van der Waals surface area contributed by atoms with Gasteiger partial charge in [-0.15, -0.1) is 11.3 Å². The molecule has 1 unspecified atom stereocenters. The van der Waals surface area contributed by atoms with Crippen LogP contribution in [0.4, 0.5) is 16.2 Å². The van der Waals surface area contributed by atoms with E-state index < -0.39 is 0 Å². The SMILES string of the molecule is Cc1nc(-c2ccc(CC(=O)NC(C)c3ccc(NC(=O)Nc4ccccc4)cc3)cc2)cs1. The zero-order chi connectivity index (χ0) is 23.9. The molecule has 0 radical (unpaired) electrons. The summed E-state index contributed by atoms with van der Waals surface area (Å²) >= 11 is 1.62. The van der Waals surface area contributed by atoms with Gasteiger partial charge in [0.1, 0.15) is 0 Å². The highest BCUT2D eigenvalue weighted by Crippen LogP contribution is 2.22. The van der Waals surface area contributed by atoms with Crippen molar-refractivity contribution in [1.82, 2.24) is 10.3 Å². The molecule has 0 fully saturated rings. The molecule has 34 heavy (non-hydrogen) atoms. The van der Waals surface area contributed by atoms with Crippen LogP contribution < -0.4 is 16.0 Å². The number of aromatic nitrogens is 1. The number of carbonyl (C=O) groups excluding carboxylic acids is 2. The first-order valence-corrected chi connectivity index (χ1v) is 11.9. The van der Waals surface area contributed by atoms with Gasteiger partial charge in [0.15, 0.2) is 0 Å². The summed E-state index contributed by atoms with van der Waals surface area (Å²) < 4.78 is 0. The summed E-state index contributed by atoms with van der Waals surface area (Å²) in [7, 11) is 0. The molecular formula is C27H26N4O2S. The van der Waals surface area contributed by atoms with Crippen molar-refractivity contribution in [2.24, 2.45) is 0 Å². The molecule has 3 amide bonds. The minimum Gasteiger partial charge on any atom is -0.349 e. The first kappa shape index (κ1) is 23.2. The predicted octanol–water partition coefficient (Wildman–Crippen LogP) is 6.18. The minimum absolute atomic E-state index is 0.0470. The lowest BCUT2D eigenvalue weighted by Gasteiger charge is -2.15. The van der Waals surface area contributed by atoms with Gasteiger partial charge in [0.05, 0.1) is 23.2 Å². The molecule has 7 heteroatoms. The second-order valence-electron chi connectivity index (χ2n) is 7.98. The predicted molar refractivity (Wildman–Crippen MR) is 138 cm³/mol. The normalized spacial score (nSPS) is 11.5. The van der Waals surface area contributed by atoms with Crippen LogP contribution in [-0.4, -0.2) is 16.9 Å². The number of carbonyl (C=O) groups is 2. The number of rotatable bonds is 7. The van der Waals surface area contributed by atoms with Gasteiger partial charge in [-0.2, -0.15) is 0 Å². The lowest BCUT2D eigenvalue weighted by Crippen LogP contribution is -2.28. The fourth-order valence-electron chi connectivity index (χ4n) is 3.52. The number of para-hydroxylation sites is 1. The Kier molecular flexibility index (Phi) is 7.34. The summed E-state index contributed by atoms with van der Waals surface area (Å²) in [6.07, 6.45) is 0.306. The number of hydrogen-bond donors (Lipinski definition) is 3. The average Bonchev–Trinajstić information content (AvgIpc) is 3.26. The van der Waals surface area contributed by atoms with Crippen LogP contribution >= 0.6 is 11.3 Å². The molecule has 1 heterocycles. The maximum absolute atomic E-state index is 12.6. The van der Waals surface area contributed by atoms with Gasteiger partial charge in [0.25, 0.3) is 0 Å². The highest BCUT2D eigenvalue weighted by molar-refractivity contribution is 7.09. The van der Waals surface area contributed by atoms with E-state index in [9.17, 15) is 9.59 Å². The lowest BCUT2D eigenvalue weighted by atomic mass is 10.1. The molecule has 172 valence electrons. The Morgan fingerprint density at radius 3 is 2.15 bits per heavy atom. The van der Waals surface area contributed by atoms with Gasteiger partial charge in [0.2, 0.25) is 5.91 Å². The number of nitrogens with zero attached hydrogens (tertiary/aromatic N) is 1. The van der Waals surface area contributed by atoms with Crippen LogP contribution in [-0.2, 0) is 11.2 Å². The average molecular weight is 471 g/mol. The lowest BCUT2D eigenvalue weighted by molar-refractivity contribution is -0.121. The molecule has 4 aromatic rings. The summed E-state index contributed by atoms with van der Waals surface area (Å²) in [6.45, 7) is 3.93. The van der Waals surface area contributed by atoms with E-state index in [1.807, 2.05) is 98.1 Å². The first-order chi connectivity index (χ1) is 16.5. The van der Waals surface area contributed by atoms with Crippen molar-refractivity contribution in [2.75, 3.05) is 10.6 Å². The van der Waals surface area contributed by atoms with Crippen molar-refractivity contribution in [1.29, 1.82) is 0 Å². The molecule has 4 rings (SSSR count). The fraction of sp³-hybridized carbons (Fsp3) is 0.148. The molecule has 0 bridgehead atoms. The zero-order valence-electron chi connectivity index (χ0n) is 19.0. The van der Waals surface area contributed by atoms with Gasteiger partial charge >= 0.3 is 6.03 Å². The molecule has 1 atom stereocenters. The van der Waals surface area contributed by atoms with E-state index in [2.05, 4.69) is 20.9 Å². The molecule has 0 aliphatic heterocycles. The fourth-order valence-corrected chi connectivity index (χ4v) is 4.14. The second-order valence-corrected chi connectivity index (χ2v) is 9.04. The molecule has 3 aromatic carbocycles. The summed E-state index contributed by atoms with van der Waals surface area (Å²) in [5.41, 5.74) is 5.31. The molecule has 6 nitrogen and oxygen atoms in total. The van der Waals surface area contributed by atoms with E-state index in [1.54, 1.807) is 11.3 Å². The van der Waals surface area contributed by atoms with Crippen LogP contribution in [0.2, 0.25) is 0 Å². The Bertz CT molecular complexity index is 1250. The van der Waals surface area contributed by atoms with Crippen molar-refractivity contribution in [3.63, 3.8) is 0 Å². The third-order valence-electron chi connectivity index (χ3n) is 5.31. The van der Waals surface area contributed by atoms with E-state index >= 15 is 0 Å². The van der Waals surface area contributed by atoms with Crippen LogP contribution in [0.3, 0.4) is 0 Å². The summed E-state index contributed by atoms with van der Waals surface area (Å²) in [5.74, 6) is -0.0470. The van der Waals surface area contributed by atoms with Gasteiger partial charge < -0.3 is 16.0 Å². The molecule has 0 aliphatic rings. The first-order valence-electron chi connectivity index (χ1n) is 11.0. The molecule has 1 aromatic heterocycles. The Morgan fingerprint density at radius 2 is 1.53 bits per heavy atom. The van der Waals surface area contributed by atoms with E-state index in [0.29, 0.717) is 12.1 Å². The van der Waals surface area contributed by atoms with E-state index in [-0.39, 0.29) is 18.0 Å². The summed E-state index contributed by atoms with van der Waals surface area (Å²) in [4.78, 5) is 29.2. The third-order valence-corrected chi connectivity index (χ3v) is 6.08. The third kappa shape index (κ3) is 6.30. The number of hydrogen-bond acceptors (Lipinski definition) is 4. The molecule has 3 N–H and O–H groups in total. The van der Waals surface area contributed by atoms with E-state index in [4.69, 9.17) is 0 Å². The number of nitrogens with one attached hydrogen (secondary N) is 3. The second kappa shape index (κ2) is 10.8. The Balaban J connectivity index is 1.27. The number of urea groups is 1. The minimum atomic E-state index is -0.309. The standard InChI is InChI=1S/C27H26N4O2S/c1-18(21-12-14-24(15-13-21)31-27(33)30-23-6-4-3-5-7-23)28-26(32)16-20-8-10-22(11-9-20)25-17-34-19(2)29-25/h3-15,17-18H,16H2,1-2H3,(H,28,32)(H2,30,31,33). The molecular weight excluding hydrogens is 444 g/mol. The maximum Gasteiger partial charge on any atom is 0.323 e. The van der Waals surface area contributed by atoms with Gasteiger partial charge in [-0.1, -0.05) is 54.6 Å². The topological polar surface area (TPSA) is 83.1 Å². The monoisotopic (exact) mass is 470 g/mol. The van der Waals surface area contributed by atoms with Crippen LogP contribution in [0.5, 0.6) is 0 Å². The largest absolute Gasteiger partial charge is 0.349 e. The van der Waals surface area contributed by atoms with Crippen molar-refractivity contribution in [3.05, 3.63) is 100 Å². The van der Waals surface area contributed by atoms with Gasteiger partial charge in [-0.3, -0.25) is 4.79 Å². The molecule has 0 saturated carbocycles. The van der Waals surface area contributed by atoms with Crippen LogP contribution in [0, 0.1) is 6.92 Å². The maximum atomic E-state index is 12.6. The van der Waals surface area contributed by atoms with Crippen molar-refractivity contribution < 1.29 is 9.59 Å². The molecule has 0 spiro atoms. The highest BCUT2D eigenvalue weighted by atomic mass is 32.1. The summed E-state index contributed by atoms with van der Waals surface area (Å²) in [6, 6.07) is 24.2. The number of anilines is 2. The number of amides is 3. The smallest absolute Gasteiger partial charge is 0.323 e. The van der Waals surface area contributed by atoms with Crippen molar-refractivity contribution >= 4 is 34.6 Å². The van der Waals surface area contributed by atoms with Crippen LogP contribution in [0.15, 0.2) is 84.2 Å². The van der Waals surface area contributed by atoms with Crippen molar-refractivity contribution in [2.45, 2.75) is 26.3 Å². The number of benzene rings is 3. The Hall–Kier alpha value is -3.97. The molecule has 0 saturated heterocycles. The van der Waals surface area contributed by atoms with Gasteiger partial charge in [-0.25, -0.2) is 9.78 Å². The van der Waals surface area contributed by atoms with Gasteiger partial charge in [0, 0.05) is 22.3 Å². The Morgan fingerprint density at radius 1 is 0.882 bits per heavy atom. The van der Waals surface area contributed by atoms with Crippen LogP contribution in [0.25, 0.3) is 11.3 Å². The van der Waals surface area contributed by atoms with E-state index in [1.165, 1.54) is 0 Å². The van der Waals surface area contributed by atoms with Crippen LogP contribution in [0.1, 0.15) is 29.1 Å². The molecule has 0 aliphatic carbocycles. The zero-order valence-corrected chi connectivity index (χ0v) is 19.9. The highest BCUT2D eigenvalue weighted by Gasteiger charge is 2.11. The summed E-state index contributed by atoms with van der Waals surface area (Å²) in [5, 5.41) is 11.7. The van der Waals surface area contributed by atoms with E-state index in [0.717, 1.165) is 33.1 Å². The number of thiazole rings is 1. The van der Waals surface area contributed by atoms with Crippen molar-refractivity contribution in [3.8, 4) is 11.3 Å². The quantitative estimate of drug-likeness (QED) is 0.301.